The Morgan fingerprint density at radius 1 is 1.15 bits per heavy atom. The predicted octanol–water partition coefficient (Wildman–Crippen LogP) is 2.09. The van der Waals surface area contributed by atoms with Crippen LogP contribution in [-0.2, 0) is 16.1 Å². The van der Waals surface area contributed by atoms with Gasteiger partial charge in [0.1, 0.15) is 0 Å². The molecule has 0 radical (unpaired) electrons. The van der Waals surface area contributed by atoms with Crippen LogP contribution >= 0.6 is 0 Å². The molecule has 0 aliphatic carbocycles. The molecular formula is C15H23NO4. The summed E-state index contributed by atoms with van der Waals surface area (Å²) in [4.78, 5) is 13.5. The number of rotatable bonds is 8. The Morgan fingerprint density at radius 2 is 1.85 bits per heavy atom. The highest BCUT2D eigenvalue weighted by Crippen LogP contribution is 2.28. The van der Waals surface area contributed by atoms with Gasteiger partial charge in [0.05, 0.1) is 27.9 Å². The van der Waals surface area contributed by atoms with Crippen molar-refractivity contribution in [1.82, 2.24) is 4.90 Å². The van der Waals surface area contributed by atoms with E-state index in [1.54, 1.807) is 14.2 Å². The Hall–Kier alpha value is -1.75. The summed E-state index contributed by atoms with van der Waals surface area (Å²) in [5.74, 6) is 1.17. The second kappa shape index (κ2) is 8.43. The average Bonchev–Trinajstić information content (AvgIpc) is 2.47. The van der Waals surface area contributed by atoms with E-state index in [9.17, 15) is 4.79 Å². The highest BCUT2D eigenvalue weighted by molar-refractivity contribution is 5.71. The van der Waals surface area contributed by atoms with Crippen molar-refractivity contribution in [2.24, 2.45) is 0 Å². The first-order chi connectivity index (χ1) is 9.64. The molecule has 0 aliphatic heterocycles. The molecule has 1 rings (SSSR count). The lowest BCUT2D eigenvalue weighted by molar-refractivity contribution is -0.142. The maximum absolute atomic E-state index is 11.4. The molecule has 0 bridgehead atoms. The Balaban J connectivity index is 2.79. The minimum Gasteiger partial charge on any atom is -0.493 e. The van der Waals surface area contributed by atoms with Crippen molar-refractivity contribution < 1.29 is 19.0 Å². The molecule has 0 aromatic heterocycles. The van der Waals surface area contributed by atoms with Crippen molar-refractivity contribution in [3.05, 3.63) is 23.8 Å². The minimum absolute atomic E-state index is 0.223. The van der Waals surface area contributed by atoms with Crippen molar-refractivity contribution in [3.63, 3.8) is 0 Å². The first-order valence-corrected chi connectivity index (χ1v) is 6.64. The Labute approximate surface area is 120 Å². The largest absolute Gasteiger partial charge is 0.493 e. The van der Waals surface area contributed by atoms with E-state index in [0.29, 0.717) is 24.6 Å². The van der Waals surface area contributed by atoms with Crippen molar-refractivity contribution in [2.75, 3.05) is 34.4 Å². The van der Waals surface area contributed by atoms with E-state index >= 15 is 0 Å². The van der Waals surface area contributed by atoms with Gasteiger partial charge in [0.15, 0.2) is 11.5 Å². The van der Waals surface area contributed by atoms with Gasteiger partial charge in [0.25, 0.3) is 0 Å². The van der Waals surface area contributed by atoms with Gasteiger partial charge >= 0.3 is 5.97 Å². The molecule has 112 valence electrons. The molecule has 5 nitrogen and oxygen atoms in total. The molecule has 0 aliphatic rings. The van der Waals surface area contributed by atoms with Crippen LogP contribution in [0.1, 0.15) is 18.9 Å². The molecule has 5 heteroatoms. The third-order valence-electron chi connectivity index (χ3n) is 2.97. The summed E-state index contributed by atoms with van der Waals surface area (Å²) in [7, 11) is 4.63. The van der Waals surface area contributed by atoms with Crippen LogP contribution in [0.25, 0.3) is 0 Å². The van der Waals surface area contributed by atoms with Crippen LogP contribution in [0.4, 0.5) is 0 Å². The second-order valence-corrected chi connectivity index (χ2v) is 4.48. The average molecular weight is 281 g/mol. The molecule has 0 spiro atoms. The van der Waals surface area contributed by atoms with Gasteiger partial charge in [-0.1, -0.05) is 13.0 Å². The zero-order chi connectivity index (χ0) is 15.0. The number of ether oxygens (including phenoxy) is 3. The first-order valence-electron chi connectivity index (χ1n) is 6.64. The molecule has 0 heterocycles. The normalized spacial score (nSPS) is 10.4. The van der Waals surface area contributed by atoms with Gasteiger partial charge in [0.2, 0.25) is 0 Å². The van der Waals surface area contributed by atoms with Crippen molar-refractivity contribution >= 4 is 5.97 Å². The maximum Gasteiger partial charge on any atom is 0.319 e. The Bertz CT molecular complexity index is 434. The van der Waals surface area contributed by atoms with Crippen molar-refractivity contribution in [2.45, 2.75) is 19.9 Å². The molecule has 0 saturated heterocycles. The Morgan fingerprint density at radius 3 is 2.40 bits per heavy atom. The van der Waals surface area contributed by atoms with E-state index < -0.39 is 0 Å². The molecule has 0 fully saturated rings. The fourth-order valence-corrected chi connectivity index (χ4v) is 2.01. The summed E-state index contributed by atoms with van der Waals surface area (Å²) in [6.07, 6.45) is 0.976. The van der Waals surface area contributed by atoms with Crippen LogP contribution < -0.4 is 9.47 Å². The molecule has 0 unspecified atom stereocenters. The van der Waals surface area contributed by atoms with Crippen molar-refractivity contribution in [1.29, 1.82) is 0 Å². The third kappa shape index (κ3) is 4.74. The highest BCUT2D eigenvalue weighted by atomic mass is 16.5. The van der Waals surface area contributed by atoms with E-state index in [0.717, 1.165) is 18.5 Å². The zero-order valence-electron chi connectivity index (χ0n) is 12.6. The maximum atomic E-state index is 11.4. The molecule has 20 heavy (non-hydrogen) atoms. The molecule has 1 aromatic rings. The molecule has 0 N–H and O–H groups in total. The summed E-state index contributed by atoms with van der Waals surface area (Å²) >= 11 is 0. The summed E-state index contributed by atoms with van der Waals surface area (Å²) in [6.45, 7) is 3.88. The Kier molecular flexibility index (Phi) is 6.87. The summed E-state index contributed by atoms with van der Waals surface area (Å²) in [6, 6.07) is 5.77. The molecule has 0 amide bonds. The van der Waals surface area contributed by atoms with Gasteiger partial charge in [-0.2, -0.15) is 0 Å². The lowest BCUT2D eigenvalue weighted by Crippen LogP contribution is -2.30. The highest BCUT2D eigenvalue weighted by Gasteiger charge is 2.12. The lowest BCUT2D eigenvalue weighted by atomic mass is 10.2. The van der Waals surface area contributed by atoms with Crippen LogP contribution in [-0.4, -0.2) is 45.3 Å². The molecule has 0 saturated carbocycles. The summed E-state index contributed by atoms with van der Waals surface area (Å²) in [5.41, 5.74) is 1.07. The van der Waals surface area contributed by atoms with Gasteiger partial charge in [-0.05, 0) is 30.7 Å². The number of carbonyl (C=O) groups excluding carboxylic acids is 1. The summed E-state index contributed by atoms with van der Waals surface area (Å²) < 4.78 is 15.2. The number of carbonyl (C=O) groups is 1. The second-order valence-electron chi connectivity index (χ2n) is 4.48. The smallest absolute Gasteiger partial charge is 0.319 e. The van der Waals surface area contributed by atoms with Crippen LogP contribution in [0.2, 0.25) is 0 Å². The SMILES string of the molecule is CCCN(CC(=O)OC)Cc1ccc(OC)c(OC)c1. The fourth-order valence-electron chi connectivity index (χ4n) is 2.01. The van der Waals surface area contributed by atoms with Crippen LogP contribution in [0.3, 0.4) is 0 Å². The van der Waals surface area contributed by atoms with E-state index in [2.05, 4.69) is 6.92 Å². The number of esters is 1. The van der Waals surface area contributed by atoms with E-state index in [1.165, 1.54) is 7.11 Å². The summed E-state index contributed by atoms with van der Waals surface area (Å²) in [5, 5.41) is 0. The number of methoxy groups -OCH3 is 3. The quantitative estimate of drug-likeness (QED) is 0.683. The topological polar surface area (TPSA) is 48.0 Å². The van der Waals surface area contributed by atoms with Crippen LogP contribution in [0, 0.1) is 0 Å². The number of hydrogen-bond acceptors (Lipinski definition) is 5. The minimum atomic E-state index is -0.223. The van der Waals surface area contributed by atoms with Gasteiger partial charge in [-0.25, -0.2) is 0 Å². The van der Waals surface area contributed by atoms with Crippen LogP contribution in [0.15, 0.2) is 18.2 Å². The van der Waals surface area contributed by atoms with Crippen LogP contribution in [0.5, 0.6) is 11.5 Å². The molecule has 0 atom stereocenters. The number of hydrogen-bond donors (Lipinski definition) is 0. The zero-order valence-corrected chi connectivity index (χ0v) is 12.6. The standard InChI is InChI=1S/C15H23NO4/c1-5-8-16(11-15(17)20-4)10-12-6-7-13(18-2)14(9-12)19-3/h6-7,9H,5,8,10-11H2,1-4H3. The first kappa shape index (κ1) is 16.3. The number of nitrogens with zero attached hydrogens (tertiary/aromatic N) is 1. The van der Waals surface area contributed by atoms with E-state index in [4.69, 9.17) is 14.2 Å². The third-order valence-corrected chi connectivity index (χ3v) is 2.97. The van der Waals surface area contributed by atoms with Crippen molar-refractivity contribution in [3.8, 4) is 11.5 Å². The molecule has 1 aromatic carbocycles. The van der Waals surface area contributed by atoms with Gasteiger partial charge < -0.3 is 14.2 Å². The van der Waals surface area contributed by atoms with E-state index in [1.807, 2.05) is 23.1 Å². The fraction of sp³-hybridized carbons (Fsp3) is 0.533. The van der Waals surface area contributed by atoms with Gasteiger partial charge in [-0.3, -0.25) is 9.69 Å². The monoisotopic (exact) mass is 281 g/mol. The van der Waals surface area contributed by atoms with E-state index in [-0.39, 0.29) is 5.97 Å². The lowest BCUT2D eigenvalue weighted by Gasteiger charge is -2.21. The van der Waals surface area contributed by atoms with Gasteiger partial charge in [0, 0.05) is 6.54 Å². The predicted molar refractivity (Wildman–Crippen MR) is 77.1 cm³/mol. The number of benzene rings is 1. The molecular weight excluding hydrogens is 258 g/mol. The van der Waals surface area contributed by atoms with Gasteiger partial charge in [-0.15, -0.1) is 0 Å².